The van der Waals surface area contributed by atoms with Gasteiger partial charge in [0.05, 0.1) is 0 Å². The zero-order valence-electron chi connectivity index (χ0n) is 18.6. The Morgan fingerprint density at radius 3 is 2.36 bits per heavy atom. The van der Waals surface area contributed by atoms with Crippen LogP contribution in [0.5, 0.6) is 5.75 Å². The molecule has 0 aliphatic carbocycles. The van der Waals surface area contributed by atoms with Crippen LogP contribution in [0.15, 0.2) is 78.4 Å². The molecule has 3 rings (SSSR count). The first-order valence-electron chi connectivity index (χ1n) is 10.5. The monoisotopic (exact) mass is 439 g/mol. The second kappa shape index (κ2) is 11.3. The number of anilines is 1. The number of carbonyl (C=O) groups excluding carboxylic acids is 2. The fourth-order valence-corrected chi connectivity index (χ4v) is 2.99. The Bertz CT molecular complexity index is 1190. The number of benzene rings is 3. The smallest absolute Gasteiger partial charge is 0.266 e. The van der Waals surface area contributed by atoms with Gasteiger partial charge in [-0.25, -0.2) is 0 Å². The Labute approximate surface area is 193 Å². The Morgan fingerprint density at radius 1 is 0.970 bits per heavy atom. The van der Waals surface area contributed by atoms with Gasteiger partial charge in [-0.05, 0) is 66.4 Å². The van der Waals surface area contributed by atoms with Crippen molar-refractivity contribution in [3.63, 3.8) is 0 Å². The molecule has 0 spiro atoms. The number of rotatable bonds is 8. The molecule has 0 bridgehead atoms. The SMILES string of the molecule is Cc1ccc(NC(=O)/C(C#N)=C/c2ccc(OCC(=O)NCc3ccccc3)cc2)cc1C. The largest absolute Gasteiger partial charge is 0.484 e. The van der Waals surface area contributed by atoms with Crippen LogP contribution in [-0.4, -0.2) is 18.4 Å². The van der Waals surface area contributed by atoms with Crippen molar-refractivity contribution in [3.8, 4) is 11.8 Å². The molecule has 0 saturated heterocycles. The van der Waals surface area contributed by atoms with Gasteiger partial charge in [0, 0.05) is 12.2 Å². The summed E-state index contributed by atoms with van der Waals surface area (Å²) in [6, 6.07) is 24.0. The van der Waals surface area contributed by atoms with Crippen molar-refractivity contribution in [2.24, 2.45) is 0 Å². The first kappa shape index (κ1) is 23.3. The number of nitriles is 1. The normalized spacial score (nSPS) is 10.8. The van der Waals surface area contributed by atoms with Crippen molar-refractivity contribution in [2.75, 3.05) is 11.9 Å². The van der Waals surface area contributed by atoms with Crippen molar-refractivity contribution in [1.29, 1.82) is 5.26 Å². The molecule has 3 aromatic carbocycles. The van der Waals surface area contributed by atoms with Gasteiger partial charge in [0.1, 0.15) is 17.4 Å². The van der Waals surface area contributed by atoms with Crippen LogP contribution in [0, 0.1) is 25.2 Å². The number of carbonyl (C=O) groups is 2. The van der Waals surface area contributed by atoms with Crippen LogP contribution in [0.25, 0.3) is 6.08 Å². The summed E-state index contributed by atoms with van der Waals surface area (Å²) < 4.78 is 5.51. The van der Waals surface area contributed by atoms with Gasteiger partial charge >= 0.3 is 0 Å². The predicted octanol–water partition coefficient (Wildman–Crippen LogP) is 4.54. The van der Waals surface area contributed by atoms with Crippen LogP contribution in [0.4, 0.5) is 5.69 Å². The first-order chi connectivity index (χ1) is 15.9. The van der Waals surface area contributed by atoms with E-state index in [1.807, 2.05) is 62.4 Å². The van der Waals surface area contributed by atoms with Gasteiger partial charge in [-0.2, -0.15) is 5.26 Å². The summed E-state index contributed by atoms with van der Waals surface area (Å²) >= 11 is 0. The zero-order valence-corrected chi connectivity index (χ0v) is 18.6. The lowest BCUT2D eigenvalue weighted by molar-refractivity contribution is -0.123. The van der Waals surface area contributed by atoms with Crippen molar-refractivity contribution in [1.82, 2.24) is 5.32 Å². The average molecular weight is 440 g/mol. The molecular formula is C27H25N3O3. The maximum atomic E-state index is 12.5. The molecule has 33 heavy (non-hydrogen) atoms. The number of hydrogen-bond donors (Lipinski definition) is 2. The molecular weight excluding hydrogens is 414 g/mol. The van der Waals surface area contributed by atoms with E-state index in [0.29, 0.717) is 23.5 Å². The van der Waals surface area contributed by atoms with Gasteiger partial charge in [-0.3, -0.25) is 9.59 Å². The van der Waals surface area contributed by atoms with Crippen molar-refractivity contribution >= 4 is 23.6 Å². The van der Waals surface area contributed by atoms with E-state index >= 15 is 0 Å². The third-order valence-corrected chi connectivity index (χ3v) is 5.02. The highest BCUT2D eigenvalue weighted by molar-refractivity contribution is 6.09. The van der Waals surface area contributed by atoms with Gasteiger partial charge in [0.15, 0.2) is 6.61 Å². The highest BCUT2D eigenvalue weighted by Gasteiger charge is 2.10. The highest BCUT2D eigenvalue weighted by atomic mass is 16.5. The van der Waals surface area contributed by atoms with E-state index in [1.54, 1.807) is 30.3 Å². The van der Waals surface area contributed by atoms with Gasteiger partial charge in [0.2, 0.25) is 0 Å². The number of hydrogen-bond acceptors (Lipinski definition) is 4. The molecule has 0 unspecified atom stereocenters. The van der Waals surface area contributed by atoms with E-state index in [2.05, 4.69) is 10.6 Å². The third kappa shape index (κ3) is 7.08. The fourth-order valence-electron chi connectivity index (χ4n) is 2.99. The first-order valence-corrected chi connectivity index (χ1v) is 10.5. The van der Waals surface area contributed by atoms with Crippen molar-refractivity contribution < 1.29 is 14.3 Å². The van der Waals surface area contributed by atoms with Crippen molar-refractivity contribution in [2.45, 2.75) is 20.4 Å². The number of aryl methyl sites for hydroxylation is 2. The van der Waals surface area contributed by atoms with E-state index in [-0.39, 0.29) is 18.1 Å². The summed E-state index contributed by atoms with van der Waals surface area (Å²) in [5.74, 6) is -0.186. The molecule has 0 fully saturated rings. The second-order valence-corrected chi connectivity index (χ2v) is 7.54. The van der Waals surface area contributed by atoms with Crippen LogP contribution in [0.3, 0.4) is 0 Å². The highest BCUT2D eigenvalue weighted by Crippen LogP contribution is 2.17. The number of amides is 2. The number of nitrogens with zero attached hydrogens (tertiary/aromatic N) is 1. The maximum Gasteiger partial charge on any atom is 0.266 e. The lowest BCUT2D eigenvalue weighted by Crippen LogP contribution is -2.28. The average Bonchev–Trinajstić information content (AvgIpc) is 2.83. The molecule has 0 heterocycles. The van der Waals surface area contributed by atoms with E-state index in [4.69, 9.17) is 4.74 Å². The molecule has 0 saturated carbocycles. The molecule has 0 aromatic heterocycles. The number of ether oxygens (including phenoxy) is 1. The van der Waals surface area contributed by atoms with Crippen LogP contribution >= 0.6 is 0 Å². The molecule has 166 valence electrons. The van der Waals surface area contributed by atoms with Crippen molar-refractivity contribution in [3.05, 3.63) is 101 Å². The minimum Gasteiger partial charge on any atom is -0.484 e. The van der Waals surface area contributed by atoms with E-state index in [0.717, 1.165) is 16.7 Å². The number of nitrogens with one attached hydrogen (secondary N) is 2. The molecule has 3 aromatic rings. The molecule has 2 amide bonds. The van der Waals surface area contributed by atoms with Crippen LogP contribution < -0.4 is 15.4 Å². The van der Waals surface area contributed by atoms with E-state index in [9.17, 15) is 14.9 Å². The molecule has 2 N–H and O–H groups in total. The fraction of sp³-hybridized carbons (Fsp3) is 0.148. The summed E-state index contributed by atoms with van der Waals surface area (Å²) in [5.41, 5.74) is 4.49. The summed E-state index contributed by atoms with van der Waals surface area (Å²) in [7, 11) is 0. The lowest BCUT2D eigenvalue weighted by atomic mass is 10.1. The predicted molar refractivity (Wildman–Crippen MR) is 128 cm³/mol. The van der Waals surface area contributed by atoms with Gasteiger partial charge in [-0.15, -0.1) is 0 Å². The molecule has 0 aliphatic rings. The van der Waals surface area contributed by atoms with Crippen LogP contribution in [-0.2, 0) is 16.1 Å². The van der Waals surface area contributed by atoms with Gasteiger partial charge < -0.3 is 15.4 Å². The zero-order chi connectivity index (χ0) is 23.6. The Balaban J connectivity index is 1.54. The second-order valence-electron chi connectivity index (χ2n) is 7.54. The summed E-state index contributed by atoms with van der Waals surface area (Å²) in [6.45, 7) is 4.28. The summed E-state index contributed by atoms with van der Waals surface area (Å²) in [4.78, 5) is 24.5. The Kier molecular flexibility index (Phi) is 7.98. The van der Waals surface area contributed by atoms with Crippen LogP contribution in [0.2, 0.25) is 0 Å². The standard InChI is InChI=1S/C27H25N3O3/c1-19-8-11-24(14-20(19)2)30-27(32)23(16-28)15-21-9-12-25(13-10-21)33-18-26(31)29-17-22-6-4-3-5-7-22/h3-15H,17-18H2,1-2H3,(H,29,31)(H,30,32)/b23-15+. The third-order valence-electron chi connectivity index (χ3n) is 5.02. The maximum absolute atomic E-state index is 12.5. The summed E-state index contributed by atoms with van der Waals surface area (Å²) in [6.07, 6.45) is 1.51. The topological polar surface area (TPSA) is 91.2 Å². The summed E-state index contributed by atoms with van der Waals surface area (Å²) in [5, 5.41) is 15.0. The van der Waals surface area contributed by atoms with E-state index < -0.39 is 5.91 Å². The molecule has 6 nitrogen and oxygen atoms in total. The minimum atomic E-state index is -0.476. The van der Waals surface area contributed by atoms with E-state index in [1.165, 1.54) is 6.08 Å². The molecule has 6 heteroatoms. The quantitative estimate of drug-likeness (QED) is 0.398. The molecule has 0 radical (unpaired) electrons. The van der Waals surface area contributed by atoms with Gasteiger partial charge in [-0.1, -0.05) is 48.5 Å². The Morgan fingerprint density at radius 2 is 1.70 bits per heavy atom. The lowest BCUT2D eigenvalue weighted by Gasteiger charge is -2.08. The van der Waals surface area contributed by atoms with Gasteiger partial charge in [0.25, 0.3) is 11.8 Å². The molecule has 0 aliphatic heterocycles. The van der Waals surface area contributed by atoms with Crippen LogP contribution in [0.1, 0.15) is 22.3 Å². The minimum absolute atomic E-state index is 0.0119. The molecule has 0 atom stereocenters. The Hall–Kier alpha value is -4.37.